The second-order valence-corrected chi connectivity index (χ2v) is 6.77. The first-order valence-corrected chi connectivity index (χ1v) is 8.45. The van der Waals surface area contributed by atoms with E-state index in [-0.39, 0.29) is 5.91 Å². The molecule has 1 aliphatic heterocycles. The van der Waals surface area contributed by atoms with Crippen LogP contribution in [0.15, 0.2) is 47.4 Å². The summed E-state index contributed by atoms with van der Waals surface area (Å²) < 4.78 is 5.73. The summed E-state index contributed by atoms with van der Waals surface area (Å²) >= 11 is 1.70. The third-order valence-corrected chi connectivity index (χ3v) is 4.92. The Morgan fingerprint density at radius 3 is 2.86 bits per heavy atom. The van der Waals surface area contributed by atoms with Crippen LogP contribution in [0.3, 0.4) is 0 Å². The molecule has 0 radical (unpaired) electrons. The average Bonchev–Trinajstić information content (AvgIpc) is 3.27. The Balaban J connectivity index is 1.58. The molecule has 1 aromatic carbocycles. The van der Waals surface area contributed by atoms with Crippen LogP contribution in [0.4, 0.5) is 0 Å². The highest BCUT2D eigenvalue weighted by atomic mass is 32.1. The molecule has 0 unspecified atom stereocenters. The van der Waals surface area contributed by atoms with Crippen LogP contribution in [-0.2, 0) is 11.3 Å². The molecule has 1 aliphatic carbocycles. The maximum atomic E-state index is 12.9. The van der Waals surface area contributed by atoms with Gasteiger partial charge in [0.25, 0.3) is 5.91 Å². The van der Waals surface area contributed by atoms with E-state index in [0.717, 1.165) is 29.7 Å². The predicted molar refractivity (Wildman–Crippen MR) is 87.8 cm³/mol. The van der Waals surface area contributed by atoms with Gasteiger partial charge in [-0.1, -0.05) is 24.3 Å². The van der Waals surface area contributed by atoms with Crippen molar-refractivity contribution in [2.45, 2.75) is 25.4 Å². The summed E-state index contributed by atoms with van der Waals surface area (Å²) in [5.41, 5.74) is 1.74. The molecule has 4 heteroatoms. The van der Waals surface area contributed by atoms with E-state index in [4.69, 9.17) is 4.74 Å². The van der Waals surface area contributed by atoms with E-state index in [9.17, 15) is 4.79 Å². The molecule has 2 heterocycles. The second kappa shape index (κ2) is 5.61. The molecular formula is C18H17NO2S. The van der Waals surface area contributed by atoms with Gasteiger partial charge in [0.1, 0.15) is 12.4 Å². The van der Waals surface area contributed by atoms with Crippen LogP contribution in [0.5, 0.6) is 5.75 Å². The minimum atomic E-state index is 0.116. The topological polar surface area (TPSA) is 29.5 Å². The number of ether oxygens (including phenoxy) is 1. The van der Waals surface area contributed by atoms with Gasteiger partial charge in [0.2, 0.25) is 0 Å². The minimum absolute atomic E-state index is 0.116. The number of carbonyl (C=O) groups is 1. The van der Waals surface area contributed by atoms with Crippen molar-refractivity contribution in [2.24, 2.45) is 0 Å². The maximum absolute atomic E-state index is 12.9. The van der Waals surface area contributed by atoms with Crippen LogP contribution >= 0.6 is 11.3 Å². The van der Waals surface area contributed by atoms with E-state index in [2.05, 4.69) is 11.4 Å². The lowest BCUT2D eigenvalue weighted by Crippen LogP contribution is -2.35. The minimum Gasteiger partial charge on any atom is -0.488 e. The van der Waals surface area contributed by atoms with Gasteiger partial charge in [-0.3, -0.25) is 4.79 Å². The van der Waals surface area contributed by atoms with Gasteiger partial charge in [0.05, 0.1) is 12.1 Å². The summed E-state index contributed by atoms with van der Waals surface area (Å²) in [5.74, 6) is 0.973. The van der Waals surface area contributed by atoms with Crippen molar-refractivity contribution < 1.29 is 9.53 Å². The monoisotopic (exact) mass is 311 g/mol. The highest BCUT2D eigenvalue weighted by molar-refractivity contribution is 7.09. The molecule has 4 rings (SSSR count). The number of benzene rings is 1. The quantitative estimate of drug-likeness (QED) is 0.861. The smallest absolute Gasteiger partial charge is 0.253 e. The largest absolute Gasteiger partial charge is 0.488 e. The number of hydrogen-bond donors (Lipinski definition) is 0. The fourth-order valence-electron chi connectivity index (χ4n) is 2.75. The maximum Gasteiger partial charge on any atom is 0.253 e. The number of hydrogen-bond acceptors (Lipinski definition) is 3. The van der Waals surface area contributed by atoms with Crippen LogP contribution < -0.4 is 4.74 Å². The van der Waals surface area contributed by atoms with Gasteiger partial charge in [-0.25, -0.2) is 0 Å². The summed E-state index contributed by atoms with van der Waals surface area (Å²) in [4.78, 5) is 16.1. The van der Waals surface area contributed by atoms with Gasteiger partial charge in [-0.2, -0.15) is 0 Å². The number of para-hydroxylation sites is 1. The van der Waals surface area contributed by atoms with Crippen molar-refractivity contribution in [3.63, 3.8) is 0 Å². The summed E-state index contributed by atoms with van der Waals surface area (Å²) in [7, 11) is 0. The van der Waals surface area contributed by atoms with E-state index in [1.54, 1.807) is 11.3 Å². The van der Waals surface area contributed by atoms with Gasteiger partial charge >= 0.3 is 0 Å². The number of thiophene rings is 1. The Hall–Kier alpha value is -2.07. The fraction of sp³-hybridized carbons (Fsp3) is 0.278. The molecule has 2 aliphatic rings. The average molecular weight is 311 g/mol. The van der Waals surface area contributed by atoms with Crippen LogP contribution in [0, 0.1) is 0 Å². The van der Waals surface area contributed by atoms with Gasteiger partial charge in [0.15, 0.2) is 0 Å². The molecule has 0 atom stereocenters. The predicted octanol–water partition coefficient (Wildman–Crippen LogP) is 3.72. The molecule has 1 aromatic heterocycles. The molecule has 1 amide bonds. The van der Waals surface area contributed by atoms with E-state index in [1.807, 2.05) is 41.3 Å². The molecule has 0 N–H and O–H groups in total. The molecule has 2 aromatic rings. The highest BCUT2D eigenvalue weighted by Gasteiger charge is 2.34. The third-order valence-electron chi connectivity index (χ3n) is 4.06. The van der Waals surface area contributed by atoms with Crippen molar-refractivity contribution in [1.82, 2.24) is 4.90 Å². The Morgan fingerprint density at radius 1 is 1.23 bits per heavy atom. The zero-order chi connectivity index (χ0) is 14.9. The van der Waals surface area contributed by atoms with Crippen LogP contribution in [0.25, 0.3) is 6.08 Å². The van der Waals surface area contributed by atoms with Crippen LogP contribution in [0.1, 0.15) is 23.3 Å². The number of amides is 1. The third kappa shape index (κ3) is 2.66. The Bertz CT molecular complexity index is 716. The first kappa shape index (κ1) is 13.6. The van der Waals surface area contributed by atoms with E-state index < -0.39 is 0 Å². The summed E-state index contributed by atoms with van der Waals surface area (Å²) in [5, 5.41) is 2.06. The zero-order valence-corrected chi connectivity index (χ0v) is 13.0. The lowest BCUT2D eigenvalue weighted by Gasteiger charge is -2.25. The van der Waals surface area contributed by atoms with E-state index in [1.165, 1.54) is 4.88 Å². The molecule has 1 saturated carbocycles. The first-order chi connectivity index (χ1) is 10.8. The lowest BCUT2D eigenvalue weighted by atomic mass is 10.1. The van der Waals surface area contributed by atoms with Crippen molar-refractivity contribution >= 4 is 23.3 Å². The van der Waals surface area contributed by atoms with E-state index >= 15 is 0 Å². The summed E-state index contributed by atoms with van der Waals surface area (Å²) in [6.45, 7) is 1.07. The van der Waals surface area contributed by atoms with E-state index in [0.29, 0.717) is 19.2 Å². The molecule has 0 saturated heterocycles. The molecule has 0 bridgehead atoms. The molecule has 112 valence electrons. The lowest BCUT2D eigenvalue weighted by molar-refractivity contribution is -0.128. The highest BCUT2D eigenvalue weighted by Crippen LogP contribution is 2.32. The molecule has 22 heavy (non-hydrogen) atoms. The number of carbonyl (C=O) groups excluding carboxylic acids is 1. The van der Waals surface area contributed by atoms with Crippen LogP contribution in [-0.4, -0.2) is 23.5 Å². The van der Waals surface area contributed by atoms with Crippen LogP contribution in [0.2, 0.25) is 0 Å². The summed E-state index contributed by atoms with van der Waals surface area (Å²) in [6, 6.07) is 12.4. The van der Waals surface area contributed by atoms with Crippen molar-refractivity contribution in [1.29, 1.82) is 0 Å². The number of rotatable bonds is 4. The second-order valence-electron chi connectivity index (χ2n) is 5.74. The Morgan fingerprint density at radius 2 is 2.09 bits per heavy atom. The van der Waals surface area contributed by atoms with Gasteiger partial charge in [-0.05, 0) is 36.4 Å². The Labute approximate surface area is 133 Å². The molecule has 3 nitrogen and oxygen atoms in total. The summed E-state index contributed by atoms with van der Waals surface area (Å²) in [6.07, 6.45) is 4.20. The van der Waals surface area contributed by atoms with Crippen molar-refractivity contribution in [3.8, 4) is 5.75 Å². The normalized spacial score (nSPS) is 16.5. The molecular weight excluding hydrogens is 294 g/mol. The first-order valence-electron chi connectivity index (χ1n) is 7.57. The molecule has 0 spiro atoms. The van der Waals surface area contributed by atoms with Crippen molar-refractivity contribution in [3.05, 3.63) is 57.8 Å². The standard InChI is InChI=1S/C18H17NO2S/c20-18(14-10-13-4-1-2-6-17(13)21-12-14)19(15-7-8-15)11-16-5-3-9-22-16/h1-6,9-10,15H,7-8,11-12H2. The van der Waals surface area contributed by atoms with Gasteiger partial charge in [-0.15, -0.1) is 11.3 Å². The Kier molecular flexibility index (Phi) is 3.47. The zero-order valence-electron chi connectivity index (χ0n) is 12.2. The van der Waals surface area contributed by atoms with Gasteiger partial charge < -0.3 is 9.64 Å². The fourth-order valence-corrected chi connectivity index (χ4v) is 3.45. The van der Waals surface area contributed by atoms with Crippen molar-refractivity contribution in [2.75, 3.05) is 6.61 Å². The SMILES string of the molecule is O=C(C1=Cc2ccccc2OC1)N(Cc1cccs1)C1CC1. The number of fused-ring (bicyclic) bond motifs is 1. The molecule has 1 fully saturated rings. The van der Waals surface area contributed by atoms with Gasteiger partial charge in [0, 0.05) is 16.5 Å². The number of nitrogens with zero attached hydrogens (tertiary/aromatic N) is 1.